The predicted octanol–water partition coefficient (Wildman–Crippen LogP) is -2.03. The Kier molecular flexibility index (Phi) is 12.9. The Hall–Kier alpha value is -5.19. The van der Waals surface area contributed by atoms with Crippen molar-refractivity contribution in [3.63, 3.8) is 0 Å². The molecule has 0 aliphatic heterocycles. The van der Waals surface area contributed by atoms with Crippen LogP contribution < -0.4 is 33.2 Å². The Bertz CT molecular complexity index is 1360. The lowest BCUT2D eigenvalue weighted by Crippen LogP contribution is -2.57. The quantitative estimate of drug-likeness (QED) is 0.0500. The number of hydrogen-bond acceptors (Lipinski definition) is 8. The number of carbonyl (C=O) groups excluding carboxylic acids is 3. The highest BCUT2D eigenvalue weighted by Gasteiger charge is 2.31. The molecule has 0 saturated carbocycles. The molecule has 4 unspecified atom stereocenters. The van der Waals surface area contributed by atoms with Gasteiger partial charge < -0.3 is 53.5 Å². The average molecular weight is 605 g/mol. The second-order valence-electron chi connectivity index (χ2n) is 9.67. The number of nitrogens with zero attached hydrogens (tertiary/aromatic N) is 1. The van der Waals surface area contributed by atoms with E-state index >= 15 is 0 Å². The summed E-state index contributed by atoms with van der Waals surface area (Å²) in [4.78, 5) is 79.8. The van der Waals surface area contributed by atoms with Crippen LogP contribution in [0.3, 0.4) is 0 Å². The number of carboxylic acids is 3. The maximum Gasteiger partial charge on any atom is 0.326 e. The molecule has 43 heavy (non-hydrogen) atoms. The van der Waals surface area contributed by atoms with Crippen LogP contribution in [-0.2, 0) is 35.2 Å². The van der Waals surface area contributed by atoms with E-state index in [0.29, 0.717) is 5.56 Å². The number of benzene rings is 1. The number of nitrogens with two attached hydrogens (primary N) is 3. The van der Waals surface area contributed by atoms with Crippen molar-refractivity contribution in [3.05, 3.63) is 36.0 Å². The fourth-order valence-electron chi connectivity index (χ4n) is 4.13. The lowest BCUT2D eigenvalue weighted by atomic mass is 10.0. The third-order valence-corrected chi connectivity index (χ3v) is 6.30. The van der Waals surface area contributed by atoms with Crippen molar-refractivity contribution >= 4 is 52.5 Å². The Morgan fingerprint density at radius 3 is 2.05 bits per heavy atom. The summed E-state index contributed by atoms with van der Waals surface area (Å²) in [6.07, 6.45) is -0.0581. The van der Waals surface area contributed by atoms with Gasteiger partial charge in [0.1, 0.15) is 18.1 Å². The van der Waals surface area contributed by atoms with Crippen molar-refractivity contribution in [1.82, 2.24) is 20.9 Å². The Morgan fingerprint density at radius 1 is 0.837 bits per heavy atom. The minimum Gasteiger partial charge on any atom is -0.481 e. The predicted molar refractivity (Wildman–Crippen MR) is 152 cm³/mol. The number of aliphatic carboxylic acids is 3. The van der Waals surface area contributed by atoms with E-state index in [2.05, 4.69) is 25.9 Å². The van der Waals surface area contributed by atoms with Crippen molar-refractivity contribution in [1.29, 1.82) is 0 Å². The Morgan fingerprint density at radius 2 is 1.44 bits per heavy atom. The summed E-state index contributed by atoms with van der Waals surface area (Å²) in [5.74, 6) is -7.04. The van der Waals surface area contributed by atoms with E-state index in [0.717, 1.165) is 10.9 Å². The topological polar surface area (TPSA) is 305 Å². The van der Waals surface area contributed by atoms with Crippen molar-refractivity contribution in [2.45, 2.75) is 62.7 Å². The molecule has 0 aliphatic rings. The number of rotatable bonds is 18. The zero-order chi connectivity index (χ0) is 32.1. The molecule has 0 aliphatic carbocycles. The number of hydrogen-bond donors (Lipinski definition) is 10. The number of guanidine groups is 1. The molecule has 0 spiro atoms. The van der Waals surface area contributed by atoms with Gasteiger partial charge in [-0.1, -0.05) is 18.2 Å². The molecule has 234 valence electrons. The number of carboxylic acid groups (broad SMARTS) is 3. The number of aliphatic imine (C=N–C) groups is 1. The van der Waals surface area contributed by atoms with Crippen molar-refractivity contribution < 1.29 is 44.1 Å². The molecule has 0 bridgehead atoms. The molecule has 13 N–H and O–H groups in total. The molecule has 1 aromatic carbocycles. The number of carbonyl (C=O) groups is 6. The largest absolute Gasteiger partial charge is 0.481 e. The summed E-state index contributed by atoms with van der Waals surface area (Å²) in [5.41, 5.74) is 17.6. The van der Waals surface area contributed by atoms with Gasteiger partial charge in [-0.25, -0.2) is 4.79 Å². The number of aromatic nitrogens is 1. The van der Waals surface area contributed by atoms with E-state index in [1.807, 2.05) is 6.07 Å². The van der Waals surface area contributed by atoms with Gasteiger partial charge in [-0.15, -0.1) is 0 Å². The van der Waals surface area contributed by atoms with Crippen LogP contribution in [0.25, 0.3) is 10.9 Å². The highest BCUT2D eigenvalue weighted by molar-refractivity contribution is 5.95. The number of aromatic amines is 1. The van der Waals surface area contributed by atoms with E-state index < -0.39 is 79.1 Å². The first-order valence-corrected chi connectivity index (χ1v) is 13.2. The molecule has 1 heterocycles. The molecule has 2 rings (SSSR count). The van der Waals surface area contributed by atoms with Gasteiger partial charge in [0.05, 0.1) is 12.5 Å². The zero-order valence-corrected chi connectivity index (χ0v) is 23.1. The van der Waals surface area contributed by atoms with Crippen LogP contribution in [0.2, 0.25) is 0 Å². The summed E-state index contributed by atoms with van der Waals surface area (Å²) in [6.45, 7) is 0.0723. The third-order valence-electron chi connectivity index (χ3n) is 6.30. The maximum atomic E-state index is 13.3. The lowest BCUT2D eigenvalue weighted by molar-refractivity contribution is -0.142. The van der Waals surface area contributed by atoms with Crippen LogP contribution in [0.5, 0.6) is 0 Å². The van der Waals surface area contributed by atoms with Gasteiger partial charge in [0.15, 0.2) is 5.96 Å². The average Bonchev–Trinajstić information content (AvgIpc) is 3.33. The Labute approximate surface area is 245 Å². The van der Waals surface area contributed by atoms with Crippen LogP contribution in [0, 0.1) is 0 Å². The molecule has 0 radical (unpaired) electrons. The highest BCUT2D eigenvalue weighted by Crippen LogP contribution is 2.19. The smallest absolute Gasteiger partial charge is 0.326 e. The molecule has 0 saturated heterocycles. The minimum atomic E-state index is -1.53. The molecular weight excluding hydrogens is 568 g/mol. The van der Waals surface area contributed by atoms with Crippen molar-refractivity contribution in [3.8, 4) is 0 Å². The van der Waals surface area contributed by atoms with Gasteiger partial charge in [0, 0.05) is 36.5 Å². The third kappa shape index (κ3) is 11.3. The number of para-hydroxylation sites is 1. The number of H-pyrrole nitrogens is 1. The first-order valence-electron chi connectivity index (χ1n) is 13.2. The molecular formula is C26H36N8O9. The maximum absolute atomic E-state index is 13.3. The number of fused-ring (bicyclic) bond motifs is 1. The molecule has 1 aromatic heterocycles. The fraction of sp³-hybridized carbons (Fsp3) is 0.423. The van der Waals surface area contributed by atoms with Gasteiger partial charge in [-0.2, -0.15) is 0 Å². The van der Waals surface area contributed by atoms with Gasteiger partial charge >= 0.3 is 17.9 Å². The zero-order valence-electron chi connectivity index (χ0n) is 23.1. The van der Waals surface area contributed by atoms with Gasteiger partial charge in [-0.3, -0.25) is 29.0 Å². The molecule has 17 nitrogen and oxygen atoms in total. The van der Waals surface area contributed by atoms with Gasteiger partial charge in [0.2, 0.25) is 17.7 Å². The second kappa shape index (κ2) is 16.3. The van der Waals surface area contributed by atoms with Crippen molar-refractivity contribution in [2.75, 3.05) is 6.54 Å². The van der Waals surface area contributed by atoms with Crippen LogP contribution in [0.15, 0.2) is 35.5 Å². The minimum absolute atomic E-state index is 0.0636. The summed E-state index contributed by atoms with van der Waals surface area (Å²) < 4.78 is 0. The SMILES string of the molecule is NC(N)=NCCCC(NC(=O)C(CCC(=O)O)NC(=O)C(N)CC(=O)O)C(=O)NC(Cc1c[nH]c2ccccc12)C(=O)O. The summed E-state index contributed by atoms with van der Waals surface area (Å²) in [5, 5.41) is 35.6. The second-order valence-corrected chi connectivity index (χ2v) is 9.67. The van der Waals surface area contributed by atoms with Crippen LogP contribution >= 0.6 is 0 Å². The van der Waals surface area contributed by atoms with Crippen LogP contribution in [-0.4, -0.2) is 92.6 Å². The Balaban J connectivity index is 2.24. The summed E-state index contributed by atoms with van der Waals surface area (Å²) >= 11 is 0. The lowest BCUT2D eigenvalue weighted by Gasteiger charge is -2.25. The van der Waals surface area contributed by atoms with E-state index in [9.17, 15) is 33.9 Å². The van der Waals surface area contributed by atoms with E-state index in [1.54, 1.807) is 24.4 Å². The number of nitrogens with one attached hydrogen (secondary N) is 4. The molecule has 17 heteroatoms. The standard InChI is InChI=1S/C26H36N8O9/c27-15(11-21(37)38)22(39)32-18(7-8-20(35)36)24(41)33-17(6-3-9-30-26(28)29)23(40)34-19(25(42)43)10-13-12-31-16-5-2-1-4-14(13)16/h1-2,4-5,12,15,17-19,31H,3,6-11,27H2,(H,32,39)(H,33,41)(H,34,40)(H,35,36)(H,37,38)(H,42,43)(H4,28,29,30). The van der Waals surface area contributed by atoms with Crippen molar-refractivity contribution in [2.24, 2.45) is 22.2 Å². The van der Waals surface area contributed by atoms with E-state index in [1.165, 1.54) is 0 Å². The van der Waals surface area contributed by atoms with E-state index in [4.69, 9.17) is 27.4 Å². The highest BCUT2D eigenvalue weighted by atomic mass is 16.4. The molecule has 3 amide bonds. The molecule has 2 aromatic rings. The number of amides is 3. The molecule has 4 atom stereocenters. The molecule has 0 fully saturated rings. The van der Waals surface area contributed by atoms with Gasteiger partial charge in [-0.05, 0) is 30.9 Å². The monoisotopic (exact) mass is 604 g/mol. The normalized spacial score (nSPS) is 13.6. The fourth-order valence-corrected chi connectivity index (χ4v) is 4.13. The van der Waals surface area contributed by atoms with E-state index in [-0.39, 0.29) is 31.8 Å². The van der Waals surface area contributed by atoms with Gasteiger partial charge in [0.25, 0.3) is 0 Å². The summed E-state index contributed by atoms with van der Waals surface area (Å²) in [6, 6.07) is 1.43. The summed E-state index contributed by atoms with van der Waals surface area (Å²) in [7, 11) is 0. The first-order chi connectivity index (χ1) is 20.3. The van der Waals surface area contributed by atoms with Crippen LogP contribution in [0.1, 0.15) is 37.7 Å². The van der Waals surface area contributed by atoms with Crippen LogP contribution in [0.4, 0.5) is 0 Å². The first kappa shape index (κ1) is 34.0.